The largest absolute Gasteiger partial charge is 0.462 e. The Morgan fingerprint density at radius 2 is 1.94 bits per heavy atom. The van der Waals surface area contributed by atoms with Gasteiger partial charge in [-0.05, 0) is 13.0 Å². The van der Waals surface area contributed by atoms with Gasteiger partial charge in [0.05, 0.1) is 17.1 Å². The summed E-state index contributed by atoms with van der Waals surface area (Å²) in [5.41, 5.74) is -0.126. The number of non-ortho nitro benzene ring substituents is 1. The van der Waals surface area contributed by atoms with Crippen LogP contribution in [0.2, 0.25) is 0 Å². The highest BCUT2D eigenvalue weighted by Crippen LogP contribution is 2.20. The van der Waals surface area contributed by atoms with E-state index in [9.17, 15) is 19.7 Å². The minimum atomic E-state index is -0.649. The van der Waals surface area contributed by atoms with E-state index in [2.05, 4.69) is 0 Å². The number of benzene rings is 1. The summed E-state index contributed by atoms with van der Waals surface area (Å²) in [6, 6.07) is 3.54. The number of hydrogen-bond acceptors (Lipinski definition) is 5. The van der Waals surface area contributed by atoms with Crippen LogP contribution in [-0.2, 0) is 4.74 Å². The molecule has 0 atom stereocenters. The number of carbonyl (C=O) groups excluding carboxylic acids is 2. The second-order valence-electron chi connectivity index (χ2n) is 3.48. The Labute approximate surface area is 104 Å². The summed E-state index contributed by atoms with van der Waals surface area (Å²) in [7, 11) is 0. The molecule has 0 saturated carbocycles. The summed E-state index contributed by atoms with van der Waals surface area (Å²) < 4.78 is 4.80. The summed E-state index contributed by atoms with van der Waals surface area (Å²) >= 11 is 0. The van der Waals surface area contributed by atoms with E-state index in [1.165, 1.54) is 12.1 Å². The van der Waals surface area contributed by atoms with Crippen molar-refractivity contribution in [3.8, 4) is 0 Å². The van der Waals surface area contributed by atoms with E-state index in [0.29, 0.717) is 0 Å². The topological polar surface area (TPSA) is 86.5 Å². The maximum atomic E-state index is 11.7. The molecular weight excluding hydrogens is 238 g/mol. The maximum absolute atomic E-state index is 11.7. The average Bonchev–Trinajstić information content (AvgIpc) is 2.37. The van der Waals surface area contributed by atoms with Gasteiger partial charge in [-0.25, -0.2) is 4.79 Å². The van der Waals surface area contributed by atoms with Crippen molar-refractivity contribution >= 4 is 17.4 Å². The molecule has 0 amide bonds. The molecule has 0 aromatic heterocycles. The zero-order valence-corrected chi connectivity index (χ0v) is 10.1. The van der Waals surface area contributed by atoms with Crippen molar-refractivity contribution in [3.05, 3.63) is 39.4 Å². The molecular formula is C12H13NO5. The van der Waals surface area contributed by atoms with E-state index < -0.39 is 10.9 Å². The Morgan fingerprint density at radius 1 is 1.28 bits per heavy atom. The molecule has 0 aliphatic heterocycles. The second kappa shape index (κ2) is 5.90. The first-order valence-electron chi connectivity index (χ1n) is 5.50. The van der Waals surface area contributed by atoms with Crippen LogP contribution in [0.15, 0.2) is 18.2 Å². The molecule has 96 valence electrons. The second-order valence-corrected chi connectivity index (χ2v) is 3.48. The van der Waals surface area contributed by atoms with Crippen molar-refractivity contribution in [2.75, 3.05) is 6.61 Å². The van der Waals surface area contributed by atoms with Crippen LogP contribution in [0.3, 0.4) is 0 Å². The van der Waals surface area contributed by atoms with Gasteiger partial charge in [-0.1, -0.05) is 6.92 Å². The van der Waals surface area contributed by atoms with Crippen LogP contribution in [0, 0.1) is 10.1 Å². The minimum absolute atomic E-state index is 0.0325. The third-order valence-corrected chi connectivity index (χ3v) is 2.33. The van der Waals surface area contributed by atoms with Gasteiger partial charge in [0.25, 0.3) is 5.69 Å². The first-order valence-corrected chi connectivity index (χ1v) is 5.50. The van der Waals surface area contributed by atoms with Crippen LogP contribution in [-0.4, -0.2) is 23.3 Å². The number of rotatable bonds is 5. The van der Waals surface area contributed by atoms with E-state index in [1.807, 2.05) is 0 Å². The van der Waals surface area contributed by atoms with Gasteiger partial charge >= 0.3 is 5.97 Å². The highest BCUT2D eigenvalue weighted by atomic mass is 16.6. The van der Waals surface area contributed by atoms with Crippen molar-refractivity contribution in [2.24, 2.45) is 0 Å². The number of nitrogens with zero attached hydrogens (tertiary/aromatic N) is 1. The third kappa shape index (κ3) is 2.91. The van der Waals surface area contributed by atoms with Crippen LogP contribution >= 0.6 is 0 Å². The monoisotopic (exact) mass is 251 g/mol. The molecule has 18 heavy (non-hydrogen) atoms. The molecule has 1 rings (SSSR count). The lowest BCUT2D eigenvalue weighted by Crippen LogP contribution is -2.12. The summed E-state index contributed by atoms with van der Waals surface area (Å²) in [6.07, 6.45) is 0.160. The van der Waals surface area contributed by atoms with Gasteiger partial charge in [-0.3, -0.25) is 14.9 Å². The number of ketones is 1. The van der Waals surface area contributed by atoms with Gasteiger partial charge < -0.3 is 4.74 Å². The Balaban J connectivity index is 3.29. The van der Waals surface area contributed by atoms with Crippen molar-refractivity contribution in [1.82, 2.24) is 0 Å². The molecule has 6 heteroatoms. The third-order valence-electron chi connectivity index (χ3n) is 2.33. The molecule has 0 radical (unpaired) electrons. The summed E-state index contributed by atoms with van der Waals surface area (Å²) in [5, 5.41) is 10.6. The van der Waals surface area contributed by atoms with E-state index in [0.717, 1.165) is 6.07 Å². The standard InChI is InChI=1S/C12H13NO5/c1-3-11(14)10-7-8(13(16)17)5-6-9(10)12(15)18-4-2/h5-7H,3-4H2,1-2H3. The fourth-order valence-corrected chi connectivity index (χ4v) is 1.45. The molecule has 1 aromatic rings. The molecule has 0 saturated heterocycles. The SMILES string of the molecule is CCOC(=O)c1ccc([N+](=O)[O-])cc1C(=O)CC. The number of carbonyl (C=O) groups is 2. The van der Waals surface area contributed by atoms with Crippen LogP contribution in [0.25, 0.3) is 0 Å². The van der Waals surface area contributed by atoms with E-state index >= 15 is 0 Å². The van der Waals surface area contributed by atoms with Gasteiger partial charge in [0, 0.05) is 24.1 Å². The zero-order valence-electron chi connectivity index (χ0n) is 10.1. The van der Waals surface area contributed by atoms with Crippen LogP contribution in [0.1, 0.15) is 41.0 Å². The maximum Gasteiger partial charge on any atom is 0.338 e. The van der Waals surface area contributed by atoms with Crippen molar-refractivity contribution in [1.29, 1.82) is 0 Å². The van der Waals surface area contributed by atoms with Gasteiger partial charge in [-0.15, -0.1) is 0 Å². The summed E-state index contributed by atoms with van der Waals surface area (Å²) in [4.78, 5) is 33.3. The first-order chi connectivity index (χ1) is 8.51. The van der Waals surface area contributed by atoms with Crippen LogP contribution in [0.5, 0.6) is 0 Å². The zero-order chi connectivity index (χ0) is 13.7. The molecule has 0 unspecified atom stereocenters. The molecule has 0 N–H and O–H groups in total. The normalized spacial score (nSPS) is 9.89. The van der Waals surface area contributed by atoms with Gasteiger partial charge in [-0.2, -0.15) is 0 Å². The Hall–Kier alpha value is -2.24. The predicted molar refractivity (Wildman–Crippen MR) is 63.7 cm³/mol. The lowest BCUT2D eigenvalue weighted by Gasteiger charge is -2.07. The number of nitro groups is 1. The highest BCUT2D eigenvalue weighted by molar-refractivity contribution is 6.06. The molecule has 6 nitrogen and oxygen atoms in total. The molecule has 0 aliphatic rings. The molecule has 0 fully saturated rings. The fourth-order valence-electron chi connectivity index (χ4n) is 1.45. The smallest absolute Gasteiger partial charge is 0.338 e. The van der Waals surface area contributed by atoms with Gasteiger partial charge in [0.1, 0.15) is 0 Å². The number of nitro benzene ring substituents is 1. The fraction of sp³-hybridized carbons (Fsp3) is 0.333. The summed E-state index contributed by atoms with van der Waals surface area (Å²) in [6.45, 7) is 3.44. The first kappa shape index (κ1) is 13.8. The van der Waals surface area contributed by atoms with Crippen LogP contribution in [0.4, 0.5) is 5.69 Å². The number of esters is 1. The van der Waals surface area contributed by atoms with Crippen molar-refractivity contribution in [3.63, 3.8) is 0 Å². The highest BCUT2D eigenvalue weighted by Gasteiger charge is 2.20. The molecule has 0 heterocycles. The quantitative estimate of drug-likeness (QED) is 0.347. The molecule has 0 spiro atoms. The number of ether oxygens (including phenoxy) is 1. The predicted octanol–water partition coefficient (Wildman–Crippen LogP) is 2.36. The lowest BCUT2D eigenvalue weighted by molar-refractivity contribution is -0.384. The van der Waals surface area contributed by atoms with E-state index in [-0.39, 0.29) is 35.6 Å². The Morgan fingerprint density at radius 3 is 2.44 bits per heavy atom. The Bertz CT molecular complexity index is 495. The number of hydrogen-bond donors (Lipinski definition) is 0. The van der Waals surface area contributed by atoms with Crippen molar-refractivity contribution < 1.29 is 19.2 Å². The van der Waals surface area contributed by atoms with E-state index in [1.54, 1.807) is 13.8 Å². The van der Waals surface area contributed by atoms with Gasteiger partial charge in [0.2, 0.25) is 0 Å². The molecule has 0 aliphatic carbocycles. The van der Waals surface area contributed by atoms with Crippen LogP contribution < -0.4 is 0 Å². The minimum Gasteiger partial charge on any atom is -0.462 e. The van der Waals surface area contributed by atoms with E-state index in [4.69, 9.17) is 4.74 Å². The lowest BCUT2D eigenvalue weighted by atomic mass is 10.0. The van der Waals surface area contributed by atoms with Crippen molar-refractivity contribution in [2.45, 2.75) is 20.3 Å². The molecule has 0 bridgehead atoms. The number of Topliss-reactive ketones (excluding diaryl/α,β-unsaturated/α-hetero) is 1. The average molecular weight is 251 g/mol. The molecule has 1 aromatic carbocycles. The van der Waals surface area contributed by atoms with Gasteiger partial charge in [0.15, 0.2) is 5.78 Å². The summed E-state index contributed by atoms with van der Waals surface area (Å²) in [5.74, 6) is -0.981. The Kier molecular flexibility index (Phi) is 4.53.